The summed E-state index contributed by atoms with van der Waals surface area (Å²) in [7, 11) is -3.35. The van der Waals surface area contributed by atoms with Gasteiger partial charge in [0.05, 0.1) is 4.90 Å². The second-order valence-electron chi connectivity index (χ2n) is 7.47. The van der Waals surface area contributed by atoms with Gasteiger partial charge in [-0.05, 0) is 36.6 Å². The number of aryl methyl sites for hydroxylation is 1. The third kappa shape index (κ3) is 3.12. The second-order valence-corrected chi connectivity index (χ2v) is 9.41. The summed E-state index contributed by atoms with van der Waals surface area (Å²) in [6.45, 7) is 6.36. The SMILES string of the molecule is Cc1ccccc1CN1CC2(CCN(S(=O)(=O)c3ccccc3)C2)C1. The molecule has 5 heteroatoms. The quantitative estimate of drug-likeness (QED) is 0.846. The van der Waals surface area contributed by atoms with Crippen molar-refractivity contribution in [3.63, 3.8) is 0 Å². The zero-order chi connectivity index (χ0) is 17.5. The van der Waals surface area contributed by atoms with Crippen molar-refractivity contribution in [2.45, 2.75) is 24.8 Å². The van der Waals surface area contributed by atoms with E-state index in [1.165, 1.54) is 11.1 Å². The topological polar surface area (TPSA) is 40.6 Å². The predicted octanol–water partition coefficient (Wildman–Crippen LogP) is 2.89. The molecule has 0 bridgehead atoms. The number of sulfonamides is 1. The lowest BCUT2D eigenvalue weighted by atomic mass is 9.79. The van der Waals surface area contributed by atoms with Crippen molar-refractivity contribution in [3.05, 3.63) is 65.7 Å². The molecule has 25 heavy (non-hydrogen) atoms. The molecule has 2 aromatic carbocycles. The van der Waals surface area contributed by atoms with E-state index in [9.17, 15) is 8.42 Å². The highest BCUT2D eigenvalue weighted by Gasteiger charge is 2.50. The number of benzene rings is 2. The zero-order valence-corrected chi connectivity index (χ0v) is 15.4. The van der Waals surface area contributed by atoms with Gasteiger partial charge in [0, 0.05) is 38.1 Å². The van der Waals surface area contributed by atoms with Crippen LogP contribution in [0.25, 0.3) is 0 Å². The van der Waals surface area contributed by atoms with E-state index in [0.29, 0.717) is 18.0 Å². The van der Waals surface area contributed by atoms with E-state index in [2.05, 4.69) is 36.1 Å². The molecule has 1 spiro atoms. The van der Waals surface area contributed by atoms with E-state index in [4.69, 9.17) is 0 Å². The minimum Gasteiger partial charge on any atom is -0.298 e. The van der Waals surface area contributed by atoms with Crippen LogP contribution in [0.2, 0.25) is 0 Å². The first-order chi connectivity index (χ1) is 12.0. The van der Waals surface area contributed by atoms with Crippen LogP contribution in [0.15, 0.2) is 59.5 Å². The summed E-state index contributed by atoms with van der Waals surface area (Å²) in [6.07, 6.45) is 0.962. The molecule has 2 aromatic rings. The highest BCUT2D eigenvalue weighted by atomic mass is 32.2. The first kappa shape index (κ1) is 16.8. The van der Waals surface area contributed by atoms with Crippen molar-refractivity contribution >= 4 is 10.0 Å². The Hall–Kier alpha value is -1.69. The van der Waals surface area contributed by atoms with E-state index in [0.717, 1.165) is 26.1 Å². The molecule has 2 aliphatic rings. The molecule has 4 rings (SSSR count). The standard InChI is InChI=1S/C20H24N2O2S/c1-17-7-5-6-8-18(17)13-21-14-20(15-21)11-12-22(16-20)25(23,24)19-9-3-2-4-10-19/h2-10H,11-16H2,1H3. The van der Waals surface area contributed by atoms with Crippen LogP contribution in [0.3, 0.4) is 0 Å². The fourth-order valence-corrected chi connectivity index (χ4v) is 5.72. The number of nitrogens with zero attached hydrogens (tertiary/aromatic N) is 2. The normalized spacial score (nSPS) is 20.7. The Labute approximate surface area is 150 Å². The highest BCUT2D eigenvalue weighted by Crippen LogP contribution is 2.42. The molecule has 0 saturated carbocycles. The fourth-order valence-electron chi connectivity index (χ4n) is 4.14. The maximum Gasteiger partial charge on any atom is 0.243 e. The van der Waals surface area contributed by atoms with Gasteiger partial charge in [0.25, 0.3) is 0 Å². The van der Waals surface area contributed by atoms with Gasteiger partial charge in [0.1, 0.15) is 0 Å². The summed E-state index contributed by atoms with van der Waals surface area (Å²) in [4.78, 5) is 2.84. The Morgan fingerprint density at radius 2 is 1.64 bits per heavy atom. The molecule has 0 aliphatic carbocycles. The summed E-state index contributed by atoms with van der Waals surface area (Å²) in [5.41, 5.74) is 2.83. The van der Waals surface area contributed by atoms with Gasteiger partial charge in [-0.1, -0.05) is 42.5 Å². The third-order valence-electron chi connectivity index (χ3n) is 5.56. The third-order valence-corrected chi connectivity index (χ3v) is 7.42. The average molecular weight is 356 g/mol. The summed E-state index contributed by atoms with van der Waals surface area (Å²) in [5, 5.41) is 0. The summed E-state index contributed by atoms with van der Waals surface area (Å²) in [6, 6.07) is 17.3. The second kappa shape index (κ2) is 6.24. The number of hydrogen-bond donors (Lipinski definition) is 0. The Morgan fingerprint density at radius 3 is 2.36 bits per heavy atom. The van der Waals surface area contributed by atoms with Crippen LogP contribution < -0.4 is 0 Å². The van der Waals surface area contributed by atoms with Crippen LogP contribution in [0.5, 0.6) is 0 Å². The van der Waals surface area contributed by atoms with Gasteiger partial charge >= 0.3 is 0 Å². The van der Waals surface area contributed by atoms with Crippen LogP contribution in [-0.4, -0.2) is 43.8 Å². The molecule has 0 amide bonds. The molecule has 2 saturated heterocycles. The van der Waals surface area contributed by atoms with Crippen LogP contribution in [0, 0.1) is 12.3 Å². The molecular formula is C20H24N2O2S. The first-order valence-corrected chi connectivity index (χ1v) is 10.2. The lowest BCUT2D eigenvalue weighted by Gasteiger charge is -2.48. The molecule has 2 aliphatic heterocycles. The van der Waals surface area contributed by atoms with Crippen LogP contribution in [0.4, 0.5) is 0 Å². The predicted molar refractivity (Wildman–Crippen MR) is 98.7 cm³/mol. The van der Waals surface area contributed by atoms with Crippen molar-refractivity contribution < 1.29 is 8.42 Å². The smallest absolute Gasteiger partial charge is 0.243 e. The maximum absolute atomic E-state index is 12.8. The molecule has 0 radical (unpaired) electrons. The largest absolute Gasteiger partial charge is 0.298 e. The highest BCUT2D eigenvalue weighted by molar-refractivity contribution is 7.89. The van der Waals surface area contributed by atoms with Crippen molar-refractivity contribution in [1.82, 2.24) is 9.21 Å². The minimum absolute atomic E-state index is 0.143. The van der Waals surface area contributed by atoms with Crippen LogP contribution in [0.1, 0.15) is 17.5 Å². The number of rotatable bonds is 4. The van der Waals surface area contributed by atoms with Crippen LogP contribution in [-0.2, 0) is 16.6 Å². The van der Waals surface area contributed by atoms with Crippen molar-refractivity contribution in [1.29, 1.82) is 0 Å². The van der Waals surface area contributed by atoms with Crippen molar-refractivity contribution in [3.8, 4) is 0 Å². The molecule has 4 nitrogen and oxygen atoms in total. The van der Waals surface area contributed by atoms with Gasteiger partial charge in [-0.2, -0.15) is 4.31 Å². The van der Waals surface area contributed by atoms with E-state index < -0.39 is 10.0 Å². The first-order valence-electron chi connectivity index (χ1n) is 8.81. The fraction of sp³-hybridized carbons (Fsp3) is 0.400. The van der Waals surface area contributed by atoms with Gasteiger partial charge in [0.2, 0.25) is 10.0 Å². The molecule has 0 unspecified atom stereocenters. The van der Waals surface area contributed by atoms with Gasteiger partial charge in [0.15, 0.2) is 0 Å². The zero-order valence-electron chi connectivity index (χ0n) is 14.6. The van der Waals surface area contributed by atoms with Gasteiger partial charge < -0.3 is 0 Å². The van der Waals surface area contributed by atoms with Crippen molar-refractivity contribution in [2.24, 2.45) is 5.41 Å². The van der Waals surface area contributed by atoms with E-state index in [1.54, 1.807) is 28.6 Å². The van der Waals surface area contributed by atoms with E-state index >= 15 is 0 Å². The van der Waals surface area contributed by atoms with E-state index in [1.807, 2.05) is 6.07 Å². The molecule has 0 atom stereocenters. The van der Waals surface area contributed by atoms with Gasteiger partial charge in [-0.15, -0.1) is 0 Å². The van der Waals surface area contributed by atoms with Gasteiger partial charge in [-0.3, -0.25) is 4.90 Å². The molecule has 0 N–H and O–H groups in total. The number of hydrogen-bond acceptors (Lipinski definition) is 3. The summed E-state index contributed by atoms with van der Waals surface area (Å²) < 4.78 is 27.3. The molecule has 2 fully saturated rings. The number of likely N-dealkylation sites (tertiary alicyclic amines) is 1. The van der Waals surface area contributed by atoms with Crippen molar-refractivity contribution in [2.75, 3.05) is 26.2 Å². The van der Waals surface area contributed by atoms with E-state index in [-0.39, 0.29) is 5.41 Å². The Bertz CT molecular complexity index is 858. The summed E-state index contributed by atoms with van der Waals surface area (Å²) in [5.74, 6) is 0. The molecule has 132 valence electrons. The molecule has 2 heterocycles. The monoisotopic (exact) mass is 356 g/mol. The summed E-state index contributed by atoms with van der Waals surface area (Å²) >= 11 is 0. The molecular weight excluding hydrogens is 332 g/mol. The molecule has 0 aromatic heterocycles. The lowest BCUT2D eigenvalue weighted by Crippen LogP contribution is -2.57. The lowest BCUT2D eigenvalue weighted by molar-refractivity contribution is 0.00638. The minimum atomic E-state index is -3.35. The van der Waals surface area contributed by atoms with Crippen LogP contribution >= 0.6 is 0 Å². The maximum atomic E-state index is 12.8. The Balaban J connectivity index is 1.40. The average Bonchev–Trinajstić information content (AvgIpc) is 3.04. The Kier molecular flexibility index (Phi) is 4.18. The van der Waals surface area contributed by atoms with Gasteiger partial charge in [-0.25, -0.2) is 8.42 Å². The Morgan fingerprint density at radius 1 is 0.960 bits per heavy atom.